The second-order valence-corrected chi connectivity index (χ2v) is 7.24. The average Bonchev–Trinajstić information content (AvgIpc) is 3.01. The molecule has 0 aliphatic carbocycles. The SMILES string of the molecule is COC(=O)C1=C(C(=O)OC)N(c2cc(C(=O)N3CCCCC3)ccc2Cl)C=CC=C1. The summed E-state index contributed by atoms with van der Waals surface area (Å²) in [7, 11) is 2.45. The van der Waals surface area contributed by atoms with Gasteiger partial charge in [-0.15, -0.1) is 0 Å². The third-order valence-electron chi connectivity index (χ3n) is 4.99. The van der Waals surface area contributed by atoms with E-state index in [1.165, 1.54) is 25.2 Å². The molecular weight excluding hydrogens is 408 g/mol. The van der Waals surface area contributed by atoms with Gasteiger partial charge in [0.05, 0.1) is 30.5 Å². The quantitative estimate of drug-likeness (QED) is 0.681. The summed E-state index contributed by atoms with van der Waals surface area (Å²) < 4.78 is 9.72. The van der Waals surface area contributed by atoms with Gasteiger partial charge in [-0.25, -0.2) is 9.59 Å². The Hall–Kier alpha value is -3.06. The molecule has 1 aromatic carbocycles. The highest BCUT2D eigenvalue weighted by Gasteiger charge is 2.29. The number of rotatable bonds is 4. The zero-order valence-corrected chi connectivity index (χ0v) is 17.6. The molecule has 0 radical (unpaired) electrons. The summed E-state index contributed by atoms with van der Waals surface area (Å²) in [6.07, 6.45) is 9.36. The van der Waals surface area contributed by atoms with E-state index < -0.39 is 11.9 Å². The molecule has 1 amide bonds. The summed E-state index contributed by atoms with van der Waals surface area (Å²) >= 11 is 6.44. The number of hydrogen-bond acceptors (Lipinski definition) is 6. The van der Waals surface area contributed by atoms with Gasteiger partial charge in [0, 0.05) is 24.9 Å². The van der Waals surface area contributed by atoms with Gasteiger partial charge in [0.2, 0.25) is 0 Å². The Kier molecular flexibility index (Phi) is 6.95. The molecule has 30 heavy (non-hydrogen) atoms. The van der Waals surface area contributed by atoms with Crippen LogP contribution < -0.4 is 4.90 Å². The number of piperidine rings is 1. The Balaban J connectivity index is 2.08. The van der Waals surface area contributed by atoms with Gasteiger partial charge in [0.25, 0.3) is 5.91 Å². The Morgan fingerprint density at radius 3 is 2.33 bits per heavy atom. The number of anilines is 1. The van der Waals surface area contributed by atoms with Crippen LogP contribution in [0.25, 0.3) is 0 Å². The molecule has 8 heteroatoms. The highest BCUT2D eigenvalue weighted by molar-refractivity contribution is 6.33. The number of benzene rings is 1. The van der Waals surface area contributed by atoms with Crippen LogP contribution in [0.2, 0.25) is 5.02 Å². The number of likely N-dealkylation sites (tertiary alicyclic amines) is 1. The van der Waals surface area contributed by atoms with Crippen molar-refractivity contribution in [3.8, 4) is 0 Å². The van der Waals surface area contributed by atoms with E-state index in [9.17, 15) is 14.4 Å². The molecule has 0 bridgehead atoms. The van der Waals surface area contributed by atoms with Crippen molar-refractivity contribution < 1.29 is 23.9 Å². The van der Waals surface area contributed by atoms with E-state index in [-0.39, 0.29) is 17.2 Å². The second kappa shape index (κ2) is 9.63. The number of hydrogen-bond donors (Lipinski definition) is 0. The number of carbonyl (C=O) groups is 3. The van der Waals surface area contributed by atoms with Crippen LogP contribution in [0.4, 0.5) is 5.69 Å². The van der Waals surface area contributed by atoms with E-state index in [1.807, 2.05) is 4.90 Å². The molecule has 2 aliphatic heterocycles. The van der Waals surface area contributed by atoms with Crippen LogP contribution in [0.15, 0.2) is 53.9 Å². The largest absolute Gasteiger partial charge is 0.465 e. The van der Waals surface area contributed by atoms with Gasteiger partial charge in [-0.1, -0.05) is 17.7 Å². The van der Waals surface area contributed by atoms with Crippen LogP contribution in [-0.2, 0) is 19.1 Å². The van der Waals surface area contributed by atoms with Gasteiger partial charge in [-0.05, 0) is 49.6 Å². The minimum Gasteiger partial charge on any atom is -0.465 e. The van der Waals surface area contributed by atoms with E-state index in [0.717, 1.165) is 19.3 Å². The minimum atomic E-state index is -0.740. The molecule has 3 rings (SSSR count). The monoisotopic (exact) mass is 430 g/mol. The van der Waals surface area contributed by atoms with Gasteiger partial charge in [-0.2, -0.15) is 0 Å². The third-order valence-corrected chi connectivity index (χ3v) is 5.30. The molecule has 0 aromatic heterocycles. The van der Waals surface area contributed by atoms with Crippen molar-refractivity contribution in [3.63, 3.8) is 0 Å². The summed E-state index contributed by atoms with van der Waals surface area (Å²) in [5, 5.41) is 0.308. The van der Waals surface area contributed by atoms with Crippen molar-refractivity contribution in [2.24, 2.45) is 0 Å². The van der Waals surface area contributed by atoms with E-state index in [4.69, 9.17) is 21.1 Å². The number of ether oxygens (including phenoxy) is 2. The number of nitrogens with zero attached hydrogens (tertiary/aromatic N) is 2. The maximum absolute atomic E-state index is 13.0. The number of amides is 1. The minimum absolute atomic E-state index is 0.0122. The molecule has 2 heterocycles. The Bertz CT molecular complexity index is 945. The number of allylic oxidation sites excluding steroid dienone is 2. The molecule has 1 aromatic rings. The molecule has 0 spiro atoms. The zero-order chi connectivity index (χ0) is 21.7. The predicted octanol–water partition coefficient (Wildman–Crippen LogP) is 3.46. The van der Waals surface area contributed by atoms with E-state index in [0.29, 0.717) is 29.4 Å². The normalized spacial score (nSPS) is 16.4. The Morgan fingerprint density at radius 1 is 0.967 bits per heavy atom. The summed E-state index contributed by atoms with van der Waals surface area (Å²) in [4.78, 5) is 41.1. The number of methoxy groups -OCH3 is 2. The van der Waals surface area contributed by atoms with Crippen LogP contribution in [0.5, 0.6) is 0 Å². The predicted molar refractivity (Wildman–Crippen MR) is 113 cm³/mol. The average molecular weight is 431 g/mol. The fourth-order valence-electron chi connectivity index (χ4n) is 3.46. The first kappa shape index (κ1) is 21.6. The number of carbonyl (C=O) groups excluding carboxylic acids is 3. The molecule has 0 N–H and O–H groups in total. The smallest absolute Gasteiger partial charge is 0.355 e. The van der Waals surface area contributed by atoms with Crippen molar-refractivity contribution in [3.05, 3.63) is 64.5 Å². The molecule has 1 fully saturated rings. The molecular formula is C22H23ClN2O5. The molecule has 0 unspecified atom stereocenters. The molecule has 2 aliphatic rings. The zero-order valence-electron chi connectivity index (χ0n) is 16.9. The fourth-order valence-corrected chi connectivity index (χ4v) is 3.67. The highest BCUT2D eigenvalue weighted by Crippen LogP contribution is 2.33. The highest BCUT2D eigenvalue weighted by atomic mass is 35.5. The molecule has 0 saturated carbocycles. The maximum Gasteiger partial charge on any atom is 0.355 e. The van der Waals surface area contributed by atoms with E-state index in [1.54, 1.807) is 36.6 Å². The first-order valence-corrected chi connectivity index (χ1v) is 9.99. The van der Waals surface area contributed by atoms with Gasteiger partial charge in [-0.3, -0.25) is 4.79 Å². The molecule has 0 atom stereocenters. The van der Waals surface area contributed by atoms with Gasteiger partial charge >= 0.3 is 11.9 Å². The van der Waals surface area contributed by atoms with Gasteiger partial charge in [0.1, 0.15) is 5.70 Å². The fraction of sp³-hybridized carbons (Fsp3) is 0.318. The third kappa shape index (κ3) is 4.41. The summed E-state index contributed by atoms with van der Waals surface area (Å²) in [5.74, 6) is -1.53. The van der Waals surface area contributed by atoms with E-state index in [2.05, 4.69) is 0 Å². The summed E-state index contributed by atoms with van der Waals surface area (Å²) in [5.41, 5.74) is 0.781. The van der Waals surface area contributed by atoms with Crippen molar-refractivity contribution >= 4 is 35.1 Å². The van der Waals surface area contributed by atoms with Crippen LogP contribution in [0.3, 0.4) is 0 Å². The van der Waals surface area contributed by atoms with Crippen molar-refractivity contribution in [2.75, 3.05) is 32.2 Å². The molecule has 7 nitrogen and oxygen atoms in total. The van der Waals surface area contributed by atoms with Gasteiger partial charge < -0.3 is 19.3 Å². The van der Waals surface area contributed by atoms with Crippen LogP contribution in [0, 0.1) is 0 Å². The second-order valence-electron chi connectivity index (χ2n) is 6.84. The van der Waals surface area contributed by atoms with Crippen molar-refractivity contribution in [1.82, 2.24) is 4.90 Å². The number of halogens is 1. The van der Waals surface area contributed by atoms with Crippen LogP contribution in [0.1, 0.15) is 29.6 Å². The van der Waals surface area contributed by atoms with Crippen LogP contribution in [-0.4, -0.2) is 50.1 Å². The lowest BCUT2D eigenvalue weighted by Gasteiger charge is -2.28. The Labute approximate surface area is 180 Å². The standard InChI is InChI=1S/C22H23ClN2O5/c1-29-21(27)16-8-4-7-13-25(19(16)22(28)30-2)18-14-15(9-10-17(18)23)20(26)24-11-5-3-6-12-24/h4,7-10,13-14H,3,5-6,11-12H2,1-2H3. The first-order chi connectivity index (χ1) is 14.5. The molecule has 158 valence electrons. The lowest BCUT2D eigenvalue weighted by atomic mass is 10.1. The van der Waals surface area contributed by atoms with E-state index >= 15 is 0 Å². The maximum atomic E-state index is 13.0. The summed E-state index contributed by atoms with van der Waals surface area (Å²) in [6.45, 7) is 1.42. The van der Waals surface area contributed by atoms with Crippen molar-refractivity contribution in [1.29, 1.82) is 0 Å². The van der Waals surface area contributed by atoms with Crippen molar-refractivity contribution in [2.45, 2.75) is 19.3 Å². The van der Waals surface area contributed by atoms with Crippen LogP contribution >= 0.6 is 11.6 Å². The first-order valence-electron chi connectivity index (χ1n) is 9.61. The molecule has 1 saturated heterocycles. The van der Waals surface area contributed by atoms with Gasteiger partial charge in [0.15, 0.2) is 0 Å². The number of esters is 2. The Morgan fingerprint density at radius 2 is 1.67 bits per heavy atom. The summed E-state index contributed by atoms with van der Waals surface area (Å²) in [6, 6.07) is 4.88. The topological polar surface area (TPSA) is 76.2 Å². The lowest BCUT2D eigenvalue weighted by molar-refractivity contribution is -0.139. The lowest BCUT2D eigenvalue weighted by Crippen LogP contribution is -2.35.